The maximum atomic E-state index is 12.9. The molecule has 34 heavy (non-hydrogen) atoms. The van der Waals surface area contributed by atoms with Gasteiger partial charge in [0.05, 0.1) is 0 Å². The Kier molecular flexibility index (Phi) is 8.90. The number of thiocarbonyl (C=S) groups is 1. The lowest BCUT2D eigenvalue weighted by Gasteiger charge is -2.35. The van der Waals surface area contributed by atoms with Gasteiger partial charge in [0.15, 0.2) is 10.0 Å². The molecular formula is C25H32N3O4S2+. The third kappa shape index (κ3) is 5.70. The Hall–Kier alpha value is -2.65. The van der Waals surface area contributed by atoms with Crippen LogP contribution in [0.2, 0.25) is 0 Å². The average Bonchev–Trinajstić information content (AvgIpc) is 2.82. The summed E-state index contributed by atoms with van der Waals surface area (Å²) in [5.74, 6) is -0.565. The smallest absolute Gasteiger partial charge is 0.334 e. The van der Waals surface area contributed by atoms with Crippen molar-refractivity contribution in [1.29, 1.82) is 0 Å². The van der Waals surface area contributed by atoms with Gasteiger partial charge in [-0.05, 0) is 87.9 Å². The third-order valence-corrected chi connectivity index (χ3v) is 7.57. The van der Waals surface area contributed by atoms with E-state index in [0.29, 0.717) is 31.8 Å². The fourth-order valence-corrected chi connectivity index (χ4v) is 5.11. The molecule has 1 aromatic carbocycles. The van der Waals surface area contributed by atoms with Gasteiger partial charge in [0.2, 0.25) is 0 Å². The van der Waals surface area contributed by atoms with Crippen molar-refractivity contribution in [3.8, 4) is 5.75 Å². The number of carbonyl (C=O) groups excluding carboxylic acids is 3. The number of allylic oxidation sites excluding steroid dienone is 2. The molecule has 0 bridgehead atoms. The minimum Gasteiger partial charge on any atom is -0.425 e. The lowest BCUT2D eigenvalue weighted by Crippen LogP contribution is -2.55. The van der Waals surface area contributed by atoms with Gasteiger partial charge in [-0.1, -0.05) is 0 Å². The Bertz CT molecular complexity index is 976. The molecule has 3 rings (SSSR count). The Labute approximate surface area is 209 Å². The van der Waals surface area contributed by atoms with Crippen LogP contribution in [0.5, 0.6) is 5.75 Å². The molecule has 9 heteroatoms. The first-order valence-corrected chi connectivity index (χ1v) is 13.9. The maximum Gasteiger partial charge on any atom is 0.334 e. The number of carbonyl (C=O) groups is 3. The standard InChI is InChI=1S/C25H32N3O4S2/c1-5-27-22(29)20(23(30)28(6-2)25(27)33)10-9-17-26-16-8-7-11-21(26)24(31)32-18-12-14-19(15-13-18)34(3)4/h9-10,12-15,17,21H,5-8,11,16H2,1-4H3/q+1/b17-9+. The number of esters is 1. The van der Waals surface area contributed by atoms with E-state index in [1.807, 2.05) is 43.0 Å². The molecule has 182 valence electrons. The van der Waals surface area contributed by atoms with Crippen molar-refractivity contribution in [2.75, 3.05) is 32.1 Å². The van der Waals surface area contributed by atoms with Crippen molar-refractivity contribution in [2.45, 2.75) is 44.0 Å². The number of rotatable bonds is 7. The van der Waals surface area contributed by atoms with Gasteiger partial charge < -0.3 is 9.64 Å². The number of hydrogen-bond donors (Lipinski definition) is 0. The van der Waals surface area contributed by atoms with E-state index in [4.69, 9.17) is 17.0 Å². The van der Waals surface area contributed by atoms with E-state index in [1.165, 1.54) is 20.8 Å². The lowest BCUT2D eigenvalue weighted by atomic mass is 10.0. The van der Waals surface area contributed by atoms with Crippen LogP contribution in [0.15, 0.2) is 53.1 Å². The molecule has 2 heterocycles. The van der Waals surface area contributed by atoms with Gasteiger partial charge in [0, 0.05) is 30.5 Å². The zero-order chi connectivity index (χ0) is 24.8. The topological polar surface area (TPSA) is 70.2 Å². The number of benzene rings is 1. The predicted molar refractivity (Wildman–Crippen MR) is 138 cm³/mol. The van der Waals surface area contributed by atoms with Crippen LogP contribution in [0, 0.1) is 0 Å². The molecule has 1 atom stereocenters. The highest BCUT2D eigenvalue weighted by Crippen LogP contribution is 2.22. The Morgan fingerprint density at radius 1 is 1.09 bits per heavy atom. The number of likely N-dealkylation sites (N-methyl/N-ethyl adjacent to an activating group) is 2. The van der Waals surface area contributed by atoms with Crippen molar-refractivity contribution in [3.05, 3.63) is 48.2 Å². The monoisotopic (exact) mass is 502 g/mol. The van der Waals surface area contributed by atoms with E-state index < -0.39 is 17.9 Å². The van der Waals surface area contributed by atoms with Crippen LogP contribution in [-0.4, -0.2) is 75.8 Å². The summed E-state index contributed by atoms with van der Waals surface area (Å²) in [6.45, 7) is 5.12. The van der Waals surface area contributed by atoms with Crippen LogP contribution in [0.1, 0.15) is 33.1 Å². The molecule has 0 radical (unpaired) electrons. The molecule has 2 fully saturated rings. The van der Waals surface area contributed by atoms with Crippen molar-refractivity contribution < 1.29 is 19.1 Å². The molecule has 2 aliphatic rings. The minimum absolute atomic E-state index is 0.0654. The molecule has 2 amide bonds. The number of piperidine rings is 1. The molecule has 2 aliphatic heterocycles. The summed E-state index contributed by atoms with van der Waals surface area (Å²) in [5, 5.41) is 0.238. The van der Waals surface area contributed by atoms with Gasteiger partial charge in [-0.2, -0.15) is 0 Å². The third-order valence-electron chi connectivity index (χ3n) is 5.92. The van der Waals surface area contributed by atoms with Gasteiger partial charge in [-0.25, -0.2) is 4.79 Å². The first-order chi connectivity index (χ1) is 16.3. The minimum atomic E-state index is -0.417. The molecule has 0 spiro atoms. The van der Waals surface area contributed by atoms with Crippen LogP contribution < -0.4 is 4.74 Å². The summed E-state index contributed by atoms with van der Waals surface area (Å²) in [5.41, 5.74) is 0.0654. The first kappa shape index (κ1) is 26.0. The predicted octanol–water partition coefficient (Wildman–Crippen LogP) is 3.12. The molecule has 7 nitrogen and oxygen atoms in total. The van der Waals surface area contributed by atoms with Crippen LogP contribution in [0.4, 0.5) is 0 Å². The normalized spacial score (nSPS) is 19.4. The van der Waals surface area contributed by atoms with Gasteiger partial charge in [0.25, 0.3) is 11.8 Å². The van der Waals surface area contributed by atoms with E-state index in [0.717, 1.165) is 12.8 Å². The van der Waals surface area contributed by atoms with Crippen molar-refractivity contribution in [1.82, 2.24) is 14.7 Å². The van der Waals surface area contributed by atoms with Gasteiger partial charge in [-0.15, -0.1) is 0 Å². The molecule has 0 N–H and O–H groups in total. The highest BCUT2D eigenvalue weighted by molar-refractivity contribution is 7.95. The average molecular weight is 503 g/mol. The summed E-state index contributed by atoms with van der Waals surface area (Å²) < 4.78 is 5.66. The van der Waals surface area contributed by atoms with E-state index in [-0.39, 0.29) is 27.5 Å². The van der Waals surface area contributed by atoms with E-state index in [2.05, 4.69) is 12.5 Å². The largest absolute Gasteiger partial charge is 0.425 e. The van der Waals surface area contributed by atoms with E-state index in [9.17, 15) is 14.4 Å². The highest BCUT2D eigenvalue weighted by atomic mass is 32.2. The summed E-state index contributed by atoms with van der Waals surface area (Å²) in [4.78, 5) is 44.4. The molecular weight excluding hydrogens is 470 g/mol. The summed E-state index contributed by atoms with van der Waals surface area (Å²) in [6.07, 6.45) is 11.8. The SMILES string of the molecule is CCN1C(=O)C(=C/C=C/N2CCCCC2C(=O)Oc2ccc([S+](C)C)cc2)C(=O)N(CC)C1=S. The van der Waals surface area contributed by atoms with Crippen LogP contribution in [-0.2, 0) is 25.3 Å². The van der Waals surface area contributed by atoms with Crippen LogP contribution >= 0.6 is 12.2 Å². The molecule has 1 aromatic rings. The van der Waals surface area contributed by atoms with Gasteiger partial charge >= 0.3 is 5.97 Å². The molecule has 1 unspecified atom stereocenters. The second kappa shape index (κ2) is 11.7. The van der Waals surface area contributed by atoms with Crippen molar-refractivity contribution in [3.63, 3.8) is 0 Å². The number of hydrogen-bond acceptors (Lipinski definition) is 6. The lowest BCUT2D eigenvalue weighted by molar-refractivity contribution is -0.140. The first-order valence-electron chi connectivity index (χ1n) is 11.5. The Morgan fingerprint density at radius 3 is 2.26 bits per heavy atom. The van der Waals surface area contributed by atoms with Gasteiger partial charge in [-0.3, -0.25) is 19.4 Å². The summed E-state index contributed by atoms with van der Waals surface area (Å²) in [7, 11) is 0.146. The quantitative estimate of drug-likeness (QED) is 0.143. The second-order valence-electron chi connectivity index (χ2n) is 8.26. The number of likely N-dealkylation sites (tertiary alicyclic amines) is 1. The Morgan fingerprint density at radius 2 is 1.71 bits per heavy atom. The number of nitrogens with zero attached hydrogens (tertiary/aromatic N) is 3. The maximum absolute atomic E-state index is 12.9. The molecule has 2 saturated heterocycles. The fraction of sp³-hybridized carbons (Fsp3) is 0.440. The zero-order valence-corrected chi connectivity index (χ0v) is 21.8. The molecule has 0 saturated carbocycles. The van der Waals surface area contributed by atoms with Crippen molar-refractivity contribution in [2.24, 2.45) is 0 Å². The summed E-state index contributed by atoms with van der Waals surface area (Å²) >= 11 is 5.29. The second-order valence-corrected chi connectivity index (χ2v) is 10.7. The number of amides is 2. The fourth-order valence-electron chi connectivity index (χ4n) is 4.00. The highest BCUT2D eigenvalue weighted by Gasteiger charge is 2.37. The summed E-state index contributed by atoms with van der Waals surface area (Å²) in [6, 6.07) is 7.22. The molecule has 0 aliphatic carbocycles. The van der Waals surface area contributed by atoms with Crippen molar-refractivity contribution >= 4 is 46.0 Å². The van der Waals surface area contributed by atoms with E-state index in [1.54, 1.807) is 12.3 Å². The molecule has 0 aromatic heterocycles. The zero-order valence-electron chi connectivity index (χ0n) is 20.2. The number of ether oxygens (including phenoxy) is 1. The Balaban J connectivity index is 1.73. The van der Waals surface area contributed by atoms with Crippen LogP contribution in [0.3, 0.4) is 0 Å². The van der Waals surface area contributed by atoms with Crippen LogP contribution in [0.25, 0.3) is 0 Å². The van der Waals surface area contributed by atoms with E-state index >= 15 is 0 Å². The van der Waals surface area contributed by atoms with Gasteiger partial charge in [0.1, 0.15) is 29.9 Å².